The average Bonchev–Trinajstić information content (AvgIpc) is 2.97. The molecule has 4 nitrogen and oxygen atoms in total. The number of carbonyl (C=O) groups excluding carboxylic acids is 1. The van der Waals surface area contributed by atoms with Crippen molar-refractivity contribution in [3.63, 3.8) is 0 Å². The molecule has 1 atom stereocenters. The first-order valence-corrected chi connectivity index (χ1v) is 8.74. The molecule has 0 fully saturated rings. The fourth-order valence-electron chi connectivity index (χ4n) is 2.54. The minimum Gasteiger partial charge on any atom is -0.392 e. The molecule has 1 aromatic rings. The summed E-state index contributed by atoms with van der Waals surface area (Å²) in [5.41, 5.74) is 5.20. The van der Waals surface area contributed by atoms with Gasteiger partial charge in [0.2, 0.25) is 5.91 Å². The molecule has 0 aliphatic carbocycles. The summed E-state index contributed by atoms with van der Waals surface area (Å²) in [4.78, 5) is 17.3. The number of hydrogen-bond acceptors (Lipinski definition) is 4. The van der Waals surface area contributed by atoms with Gasteiger partial charge < -0.3 is 11.1 Å². The largest absolute Gasteiger partial charge is 0.392 e. The van der Waals surface area contributed by atoms with E-state index in [2.05, 4.69) is 17.2 Å². The third-order valence-corrected chi connectivity index (χ3v) is 5.10. The van der Waals surface area contributed by atoms with Gasteiger partial charge >= 0.3 is 0 Å². The van der Waals surface area contributed by atoms with Crippen LogP contribution >= 0.6 is 23.6 Å². The first-order chi connectivity index (χ1) is 9.97. The van der Waals surface area contributed by atoms with Gasteiger partial charge in [-0.3, -0.25) is 4.79 Å². The molecule has 3 N–H and O–H groups in total. The molecule has 0 saturated heterocycles. The van der Waals surface area contributed by atoms with Crippen LogP contribution in [0.4, 0.5) is 0 Å². The minimum absolute atomic E-state index is 0.0397. The number of aromatic nitrogens is 1. The van der Waals surface area contributed by atoms with Crippen LogP contribution in [0.3, 0.4) is 0 Å². The summed E-state index contributed by atoms with van der Waals surface area (Å²) >= 11 is 6.81. The Labute approximate surface area is 136 Å². The van der Waals surface area contributed by atoms with Crippen LogP contribution in [0.5, 0.6) is 0 Å². The lowest BCUT2D eigenvalue weighted by Gasteiger charge is -2.31. The summed E-state index contributed by atoms with van der Waals surface area (Å²) < 4.78 is 0. The molecule has 0 saturated carbocycles. The summed E-state index contributed by atoms with van der Waals surface area (Å²) in [5, 5.41) is 6.00. The first kappa shape index (κ1) is 18.0. The van der Waals surface area contributed by atoms with E-state index in [1.165, 1.54) is 0 Å². The second kappa shape index (κ2) is 8.44. The van der Waals surface area contributed by atoms with E-state index in [0.717, 1.165) is 17.8 Å². The molecule has 118 valence electrons. The molecular weight excluding hydrogens is 302 g/mol. The fraction of sp³-hybridized carbons (Fsp3) is 0.667. The molecule has 1 amide bonds. The van der Waals surface area contributed by atoms with Gasteiger partial charge in [-0.1, -0.05) is 45.8 Å². The van der Waals surface area contributed by atoms with Crippen LogP contribution in [0, 0.1) is 5.41 Å². The number of hydrogen-bond donors (Lipinski definition) is 2. The van der Waals surface area contributed by atoms with E-state index in [9.17, 15) is 4.79 Å². The van der Waals surface area contributed by atoms with Crippen molar-refractivity contribution in [1.29, 1.82) is 0 Å². The summed E-state index contributed by atoms with van der Waals surface area (Å²) in [5.74, 6) is 0.156. The van der Waals surface area contributed by atoms with Crippen LogP contribution < -0.4 is 11.1 Å². The molecule has 1 unspecified atom stereocenters. The van der Waals surface area contributed by atoms with Crippen molar-refractivity contribution >= 4 is 34.5 Å². The summed E-state index contributed by atoms with van der Waals surface area (Å²) in [7, 11) is 0. The first-order valence-electron chi connectivity index (χ1n) is 7.45. The van der Waals surface area contributed by atoms with Crippen LogP contribution in [0.25, 0.3) is 0 Å². The van der Waals surface area contributed by atoms with Gasteiger partial charge in [-0.25, -0.2) is 4.98 Å². The molecule has 21 heavy (non-hydrogen) atoms. The molecule has 0 radical (unpaired) electrons. The lowest BCUT2D eigenvalue weighted by Crippen LogP contribution is -2.49. The normalized spacial score (nSPS) is 12.9. The number of nitrogens with two attached hydrogens (primary N) is 1. The van der Waals surface area contributed by atoms with Gasteiger partial charge in [-0.05, 0) is 12.8 Å². The van der Waals surface area contributed by atoms with E-state index in [1.807, 2.05) is 19.2 Å². The Morgan fingerprint density at radius 3 is 2.52 bits per heavy atom. The highest BCUT2D eigenvalue weighted by Crippen LogP contribution is 2.31. The second-order valence-electron chi connectivity index (χ2n) is 5.43. The molecule has 0 spiro atoms. The van der Waals surface area contributed by atoms with Crippen LogP contribution in [-0.4, -0.2) is 22.4 Å². The fourth-order valence-corrected chi connectivity index (χ4v) is 3.54. The van der Waals surface area contributed by atoms with Gasteiger partial charge in [0.1, 0.15) is 0 Å². The SMILES string of the molecule is CCCC(CCC)(C(=O)NCC(C)c1nccs1)C(N)=S. The average molecular weight is 328 g/mol. The van der Waals surface area contributed by atoms with E-state index in [-0.39, 0.29) is 11.8 Å². The van der Waals surface area contributed by atoms with Crippen LogP contribution in [0.1, 0.15) is 57.4 Å². The highest BCUT2D eigenvalue weighted by molar-refractivity contribution is 7.80. The van der Waals surface area contributed by atoms with Crippen molar-refractivity contribution in [3.05, 3.63) is 16.6 Å². The maximum atomic E-state index is 12.7. The zero-order valence-corrected chi connectivity index (χ0v) is 14.6. The van der Waals surface area contributed by atoms with Crippen molar-refractivity contribution in [2.75, 3.05) is 6.54 Å². The zero-order valence-electron chi connectivity index (χ0n) is 13.0. The van der Waals surface area contributed by atoms with Crippen LogP contribution in [0.2, 0.25) is 0 Å². The third kappa shape index (κ3) is 4.48. The quantitative estimate of drug-likeness (QED) is 0.683. The van der Waals surface area contributed by atoms with Crippen molar-refractivity contribution in [2.24, 2.45) is 11.1 Å². The van der Waals surface area contributed by atoms with Crippen molar-refractivity contribution in [3.8, 4) is 0 Å². The molecule has 0 aromatic carbocycles. The van der Waals surface area contributed by atoms with Gasteiger partial charge in [0.05, 0.1) is 15.4 Å². The maximum Gasteiger partial charge on any atom is 0.233 e. The molecule has 0 bridgehead atoms. The smallest absolute Gasteiger partial charge is 0.233 e. The second-order valence-corrected chi connectivity index (χ2v) is 6.79. The lowest BCUT2D eigenvalue weighted by molar-refractivity contribution is -0.128. The number of rotatable bonds is 9. The van der Waals surface area contributed by atoms with Crippen molar-refractivity contribution < 1.29 is 4.79 Å². The zero-order chi connectivity index (χ0) is 15.9. The number of amides is 1. The Morgan fingerprint density at radius 1 is 1.48 bits per heavy atom. The number of thiocarbonyl (C=S) groups is 1. The van der Waals surface area contributed by atoms with Gasteiger partial charge in [0.15, 0.2) is 0 Å². The maximum absolute atomic E-state index is 12.7. The monoisotopic (exact) mass is 327 g/mol. The summed E-state index contributed by atoms with van der Waals surface area (Å²) in [6.45, 7) is 6.72. The molecule has 1 rings (SSSR count). The van der Waals surface area contributed by atoms with E-state index < -0.39 is 5.41 Å². The number of thiazole rings is 1. The van der Waals surface area contributed by atoms with Crippen molar-refractivity contribution in [2.45, 2.75) is 52.4 Å². The minimum atomic E-state index is -0.707. The Bertz CT molecular complexity index is 453. The van der Waals surface area contributed by atoms with E-state index in [1.54, 1.807) is 17.5 Å². The van der Waals surface area contributed by atoms with Crippen molar-refractivity contribution in [1.82, 2.24) is 10.3 Å². The lowest BCUT2D eigenvalue weighted by atomic mass is 9.78. The van der Waals surface area contributed by atoms with E-state index in [0.29, 0.717) is 24.4 Å². The number of carbonyl (C=O) groups is 1. The predicted molar refractivity (Wildman–Crippen MR) is 92.6 cm³/mol. The molecule has 0 aliphatic heterocycles. The van der Waals surface area contributed by atoms with Crippen LogP contribution in [0.15, 0.2) is 11.6 Å². The molecule has 1 aromatic heterocycles. The summed E-state index contributed by atoms with van der Waals surface area (Å²) in [6, 6.07) is 0. The molecule has 0 aliphatic rings. The Morgan fingerprint density at radius 2 is 2.10 bits per heavy atom. The van der Waals surface area contributed by atoms with Gasteiger partial charge in [-0.2, -0.15) is 0 Å². The van der Waals surface area contributed by atoms with Gasteiger partial charge in [0, 0.05) is 24.0 Å². The van der Waals surface area contributed by atoms with Crippen LogP contribution in [-0.2, 0) is 4.79 Å². The van der Waals surface area contributed by atoms with Gasteiger partial charge in [-0.15, -0.1) is 11.3 Å². The third-order valence-electron chi connectivity index (χ3n) is 3.70. The predicted octanol–water partition coefficient (Wildman–Crippen LogP) is 3.24. The highest BCUT2D eigenvalue weighted by Gasteiger charge is 2.39. The summed E-state index contributed by atoms with van der Waals surface area (Å²) in [6.07, 6.45) is 4.95. The topological polar surface area (TPSA) is 68.0 Å². The Balaban J connectivity index is 2.74. The number of nitrogens with zero attached hydrogens (tertiary/aromatic N) is 1. The van der Waals surface area contributed by atoms with E-state index >= 15 is 0 Å². The van der Waals surface area contributed by atoms with E-state index in [4.69, 9.17) is 18.0 Å². The Kier molecular flexibility index (Phi) is 7.25. The number of nitrogens with one attached hydrogen (secondary N) is 1. The standard InChI is InChI=1S/C15H25N3OS2/c1-4-6-15(7-5-2,13(16)20)14(19)18-10-11(3)12-17-8-9-21-12/h8-9,11H,4-7,10H2,1-3H3,(H2,16,20)(H,18,19). The van der Waals surface area contributed by atoms with Gasteiger partial charge in [0.25, 0.3) is 0 Å². The molecular formula is C15H25N3OS2. The highest BCUT2D eigenvalue weighted by atomic mass is 32.1. The Hall–Kier alpha value is -1.01. The molecule has 1 heterocycles. The molecule has 6 heteroatoms.